The zero-order valence-corrected chi connectivity index (χ0v) is 15.3. The molecule has 0 unspecified atom stereocenters. The van der Waals surface area contributed by atoms with Crippen LogP contribution in [0.1, 0.15) is 23.6 Å². The molecule has 3 aromatic rings. The number of ether oxygens (including phenoxy) is 2. The minimum atomic E-state index is -0.210. The summed E-state index contributed by atoms with van der Waals surface area (Å²) in [6.07, 6.45) is 2.70. The van der Waals surface area contributed by atoms with Crippen molar-refractivity contribution in [2.45, 2.75) is 26.6 Å². The van der Waals surface area contributed by atoms with Crippen molar-refractivity contribution in [3.05, 3.63) is 59.3 Å². The number of aromatic nitrogens is 1. The Bertz CT molecular complexity index is 964. The van der Waals surface area contributed by atoms with Crippen molar-refractivity contribution >= 4 is 22.6 Å². The van der Waals surface area contributed by atoms with E-state index >= 15 is 0 Å². The number of carbonyl (C=O) groups excluding carboxylic acids is 1. The number of H-pyrrole nitrogens is 1. The molecule has 0 atom stereocenters. The zero-order chi connectivity index (χ0) is 18.6. The lowest BCUT2D eigenvalue weighted by molar-refractivity contribution is 0.134. The number of aromatic amines is 1. The molecule has 2 aromatic carbocycles. The first-order valence-corrected chi connectivity index (χ1v) is 9.20. The fourth-order valence-electron chi connectivity index (χ4n) is 3.43. The van der Waals surface area contributed by atoms with Crippen molar-refractivity contribution in [1.29, 1.82) is 0 Å². The quantitative estimate of drug-likeness (QED) is 0.619. The van der Waals surface area contributed by atoms with Crippen LogP contribution in [0.25, 0.3) is 10.9 Å². The molecule has 0 fully saturated rings. The Morgan fingerprint density at radius 2 is 2.11 bits per heavy atom. The van der Waals surface area contributed by atoms with Gasteiger partial charge in [-0.3, -0.25) is 0 Å². The number of fused-ring (bicyclic) bond motifs is 2. The first-order valence-electron chi connectivity index (χ1n) is 9.20. The molecule has 2 amide bonds. The Kier molecular flexibility index (Phi) is 4.98. The van der Waals surface area contributed by atoms with Crippen LogP contribution in [-0.4, -0.2) is 24.2 Å². The molecule has 4 rings (SSSR count). The van der Waals surface area contributed by atoms with Crippen LogP contribution in [0.2, 0.25) is 0 Å². The van der Waals surface area contributed by atoms with Gasteiger partial charge in [0.25, 0.3) is 0 Å². The average molecular weight is 365 g/mol. The first kappa shape index (κ1) is 17.4. The highest BCUT2D eigenvalue weighted by molar-refractivity contribution is 5.90. The third-order valence-electron chi connectivity index (χ3n) is 4.71. The molecule has 6 heteroatoms. The van der Waals surface area contributed by atoms with Crippen molar-refractivity contribution in [2.24, 2.45) is 0 Å². The Balaban J connectivity index is 1.36. The van der Waals surface area contributed by atoms with E-state index in [1.807, 2.05) is 49.5 Å². The highest BCUT2D eigenvalue weighted by Crippen LogP contribution is 2.29. The number of anilines is 1. The van der Waals surface area contributed by atoms with Crippen molar-refractivity contribution in [1.82, 2.24) is 10.3 Å². The number of amides is 2. The molecule has 0 bridgehead atoms. The summed E-state index contributed by atoms with van der Waals surface area (Å²) in [5.41, 5.74) is 5.27. The molecular formula is C21H23N3O3. The average Bonchev–Trinajstić information content (AvgIpc) is 3.29. The Morgan fingerprint density at radius 3 is 3.00 bits per heavy atom. The van der Waals surface area contributed by atoms with Crippen LogP contribution in [-0.2, 0) is 24.4 Å². The number of nitrogens with one attached hydrogen (secondary N) is 3. The third kappa shape index (κ3) is 3.75. The van der Waals surface area contributed by atoms with Crippen LogP contribution < -0.4 is 15.4 Å². The molecule has 1 aliphatic rings. The summed E-state index contributed by atoms with van der Waals surface area (Å²) in [5, 5.41) is 6.88. The summed E-state index contributed by atoms with van der Waals surface area (Å²) >= 11 is 0. The standard InChI is InChI=1S/C21H23N3O3/c1-2-27-19-5-3-4-18-20(19)14(11-23-18)8-9-22-21(25)24-17-7-6-15-12-26-13-16(15)10-17/h3-7,10-11,23H,2,8-9,12-13H2,1H3,(H2,22,24,25). The number of benzene rings is 2. The van der Waals surface area contributed by atoms with Gasteiger partial charge >= 0.3 is 6.03 Å². The van der Waals surface area contributed by atoms with Crippen molar-refractivity contribution in [3.63, 3.8) is 0 Å². The van der Waals surface area contributed by atoms with Gasteiger partial charge < -0.3 is 25.1 Å². The van der Waals surface area contributed by atoms with Gasteiger partial charge in [0.05, 0.1) is 19.8 Å². The largest absolute Gasteiger partial charge is 0.493 e. The maximum Gasteiger partial charge on any atom is 0.319 e. The summed E-state index contributed by atoms with van der Waals surface area (Å²) < 4.78 is 11.1. The summed E-state index contributed by atoms with van der Waals surface area (Å²) in [5.74, 6) is 0.871. The fraction of sp³-hybridized carbons (Fsp3) is 0.286. The second-order valence-corrected chi connectivity index (χ2v) is 6.53. The van der Waals surface area contributed by atoms with Gasteiger partial charge in [0.15, 0.2) is 0 Å². The van der Waals surface area contributed by atoms with E-state index in [2.05, 4.69) is 15.6 Å². The van der Waals surface area contributed by atoms with Crippen LogP contribution in [0, 0.1) is 0 Å². The molecule has 0 saturated carbocycles. The fourth-order valence-corrected chi connectivity index (χ4v) is 3.43. The zero-order valence-electron chi connectivity index (χ0n) is 15.3. The van der Waals surface area contributed by atoms with Crippen LogP contribution in [0.15, 0.2) is 42.6 Å². The molecule has 1 aromatic heterocycles. The predicted octanol–water partition coefficient (Wildman–Crippen LogP) is 3.96. The van der Waals surface area contributed by atoms with E-state index in [1.165, 1.54) is 5.56 Å². The number of carbonyl (C=O) groups is 1. The smallest absolute Gasteiger partial charge is 0.319 e. The Labute approximate surface area is 157 Å². The number of hydrogen-bond acceptors (Lipinski definition) is 3. The van der Waals surface area contributed by atoms with E-state index in [9.17, 15) is 4.79 Å². The van der Waals surface area contributed by atoms with Crippen molar-refractivity contribution in [2.75, 3.05) is 18.5 Å². The van der Waals surface area contributed by atoms with Gasteiger partial charge in [0.1, 0.15) is 5.75 Å². The third-order valence-corrected chi connectivity index (χ3v) is 4.71. The minimum absolute atomic E-state index is 0.210. The monoisotopic (exact) mass is 365 g/mol. The topological polar surface area (TPSA) is 75.4 Å². The lowest BCUT2D eigenvalue weighted by Crippen LogP contribution is -2.30. The van der Waals surface area contributed by atoms with E-state index in [-0.39, 0.29) is 6.03 Å². The Hall–Kier alpha value is -2.99. The molecule has 0 saturated heterocycles. The highest BCUT2D eigenvalue weighted by atomic mass is 16.5. The second-order valence-electron chi connectivity index (χ2n) is 6.53. The molecule has 1 aliphatic heterocycles. The van der Waals surface area contributed by atoms with E-state index in [0.29, 0.717) is 26.4 Å². The summed E-state index contributed by atoms with van der Waals surface area (Å²) in [7, 11) is 0. The predicted molar refractivity (Wildman–Crippen MR) is 105 cm³/mol. The van der Waals surface area contributed by atoms with E-state index in [4.69, 9.17) is 9.47 Å². The van der Waals surface area contributed by atoms with Crippen molar-refractivity contribution in [3.8, 4) is 5.75 Å². The number of urea groups is 1. The van der Waals surface area contributed by atoms with Gasteiger partial charge in [-0.1, -0.05) is 12.1 Å². The lowest BCUT2D eigenvalue weighted by Gasteiger charge is -2.09. The van der Waals surface area contributed by atoms with Crippen LogP contribution in [0.4, 0.5) is 10.5 Å². The van der Waals surface area contributed by atoms with Crippen LogP contribution in [0.3, 0.4) is 0 Å². The molecule has 3 N–H and O–H groups in total. The normalized spacial score (nSPS) is 12.8. The molecule has 6 nitrogen and oxygen atoms in total. The van der Waals surface area contributed by atoms with Gasteiger partial charge in [-0.25, -0.2) is 4.79 Å². The number of rotatable bonds is 6. The van der Waals surface area contributed by atoms with Gasteiger partial charge in [-0.05, 0) is 54.3 Å². The van der Waals surface area contributed by atoms with Crippen LogP contribution >= 0.6 is 0 Å². The van der Waals surface area contributed by atoms with E-state index < -0.39 is 0 Å². The number of hydrogen-bond donors (Lipinski definition) is 3. The maximum absolute atomic E-state index is 12.2. The second kappa shape index (κ2) is 7.72. The molecule has 0 radical (unpaired) electrons. The minimum Gasteiger partial charge on any atom is -0.493 e. The summed E-state index contributed by atoms with van der Waals surface area (Å²) in [6.45, 7) is 4.39. The maximum atomic E-state index is 12.2. The van der Waals surface area contributed by atoms with Gasteiger partial charge in [0, 0.05) is 29.3 Å². The molecular weight excluding hydrogens is 342 g/mol. The molecule has 140 valence electrons. The van der Waals surface area contributed by atoms with Crippen molar-refractivity contribution < 1.29 is 14.3 Å². The summed E-state index contributed by atoms with van der Waals surface area (Å²) in [4.78, 5) is 15.5. The van der Waals surface area contributed by atoms with Gasteiger partial charge in [0.2, 0.25) is 0 Å². The van der Waals surface area contributed by atoms with Gasteiger partial charge in [-0.15, -0.1) is 0 Å². The first-order chi connectivity index (χ1) is 13.2. The van der Waals surface area contributed by atoms with Crippen LogP contribution in [0.5, 0.6) is 5.75 Å². The summed E-state index contributed by atoms with van der Waals surface area (Å²) in [6, 6.07) is 11.6. The SMILES string of the molecule is CCOc1cccc2[nH]cc(CCNC(=O)Nc3ccc4c(c3)COC4)c12. The molecule has 0 aliphatic carbocycles. The molecule has 27 heavy (non-hydrogen) atoms. The molecule has 0 spiro atoms. The highest BCUT2D eigenvalue weighted by Gasteiger charge is 2.13. The molecule has 2 heterocycles. The Morgan fingerprint density at radius 1 is 1.22 bits per heavy atom. The lowest BCUT2D eigenvalue weighted by atomic mass is 10.1. The van der Waals surface area contributed by atoms with Gasteiger partial charge in [-0.2, -0.15) is 0 Å². The van der Waals surface area contributed by atoms with E-state index in [0.717, 1.165) is 39.9 Å². The van der Waals surface area contributed by atoms with E-state index in [1.54, 1.807) is 0 Å².